The minimum atomic E-state index is -0.00944. The minimum Gasteiger partial charge on any atom is -0.324 e. The molecule has 2 fully saturated rings. The Labute approximate surface area is 75.1 Å². The lowest BCUT2D eigenvalue weighted by molar-refractivity contribution is 0.180. The van der Waals surface area contributed by atoms with Gasteiger partial charge in [0.25, 0.3) is 0 Å². The Morgan fingerprint density at radius 1 is 1.50 bits per heavy atom. The molecule has 0 aromatic rings. The average Bonchev–Trinajstić information content (AvgIpc) is 2.62. The predicted molar refractivity (Wildman–Crippen MR) is 51.0 cm³/mol. The normalized spacial score (nSPS) is 36.2. The summed E-state index contributed by atoms with van der Waals surface area (Å²) in [4.78, 5) is 2.59. The fourth-order valence-electron chi connectivity index (χ4n) is 2.43. The van der Waals surface area contributed by atoms with E-state index in [9.17, 15) is 0 Å². The van der Waals surface area contributed by atoms with Crippen molar-refractivity contribution < 1.29 is 0 Å². The number of likely N-dealkylation sites (tertiary alicyclic amines) is 1. The van der Waals surface area contributed by atoms with Gasteiger partial charge in [-0.15, -0.1) is 0 Å². The number of fused-ring (bicyclic) bond motifs is 1. The lowest BCUT2D eigenvalue weighted by Gasteiger charge is -2.32. The van der Waals surface area contributed by atoms with E-state index in [1.54, 1.807) is 0 Å². The summed E-state index contributed by atoms with van der Waals surface area (Å²) in [6.07, 6.45) is 4.29. The summed E-state index contributed by atoms with van der Waals surface area (Å²) < 4.78 is 0. The summed E-state index contributed by atoms with van der Waals surface area (Å²) in [6.45, 7) is 6.61. The van der Waals surface area contributed by atoms with Crippen LogP contribution >= 0.6 is 0 Å². The fourth-order valence-corrected chi connectivity index (χ4v) is 2.43. The lowest BCUT2D eigenvalue weighted by atomic mass is 10.0. The molecule has 0 spiro atoms. The number of nitrogens with two attached hydrogens (primary N) is 1. The van der Waals surface area contributed by atoms with Gasteiger partial charge >= 0.3 is 0 Å². The van der Waals surface area contributed by atoms with Crippen molar-refractivity contribution in [2.24, 2.45) is 11.7 Å². The molecule has 2 rings (SSSR count). The first-order valence-electron chi connectivity index (χ1n) is 5.09. The molecule has 2 atom stereocenters. The molecule has 1 aliphatic carbocycles. The van der Waals surface area contributed by atoms with E-state index in [0.717, 1.165) is 18.5 Å². The van der Waals surface area contributed by atoms with Crippen molar-refractivity contribution in [2.75, 3.05) is 13.1 Å². The molecule has 12 heavy (non-hydrogen) atoms. The third kappa shape index (κ3) is 1.80. The lowest BCUT2D eigenvalue weighted by Crippen LogP contribution is -2.47. The molecule has 2 nitrogen and oxygen atoms in total. The average molecular weight is 168 g/mol. The van der Waals surface area contributed by atoms with Crippen LogP contribution in [-0.2, 0) is 0 Å². The first kappa shape index (κ1) is 8.52. The van der Waals surface area contributed by atoms with Gasteiger partial charge in [-0.3, -0.25) is 4.90 Å². The fraction of sp³-hybridized carbons (Fsp3) is 1.00. The monoisotopic (exact) mass is 168 g/mol. The summed E-state index contributed by atoms with van der Waals surface area (Å²) >= 11 is 0. The Morgan fingerprint density at radius 2 is 2.25 bits per heavy atom. The van der Waals surface area contributed by atoms with Crippen LogP contribution in [-0.4, -0.2) is 29.6 Å². The smallest absolute Gasteiger partial charge is 0.0226 e. The maximum atomic E-state index is 6.01. The van der Waals surface area contributed by atoms with Crippen molar-refractivity contribution in [2.45, 2.75) is 44.7 Å². The van der Waals surface area contributed by atoms with E-state index in [1.165, 1.54) is 25.8 Å². The van der Waals surface area contributed by atoms with Crippen molar-refractivity contribution in [1.82, 2.24) is 4.90 Å². The molecular formula is C10H20N2. The van der Waals surface area contributed by atoms with E-state index in [4.69, 9.17) is 5.73 Å². The second kappa shape index (κ2) is 2.71. The number of hydrogen-bond acceptors (Lipinski definition) is 2. The first-order valence-corrected chi connectivity index (χ1v) is 5.09. The second-order valence-corrected chi connectivity index (χ2v) is 5.16. The zero-order valence-corrected chi connectivity index (χ0v) is 8.21. The molecule has 2 heteroatoms. The van der Waals surface area contributed by atoms with Crippen molar-refractivity contribution in [3.05, 3.63) is 0 Å². The summed E-state index contributed by atoms with van der Waals surface area (Å²) in [5, 5.41) is 0. The Hall–Kier alpha value is -0.0800. The van der Waals surface area contributed by atoms with Gasteiger partial charge in [-0.1, -0.05) is 0 Å². The number of hydrogen-bond donors (Lipinski definition) is 1. The van der Waals surface area contributed by atoms with Crippen LogP contribution < -0.4 is 5.73 Å². The maximum absolute atomic E-state index is 6.01. The number of rotatable bonds is 2. The highest BCUT2D eigenvalue weighted by atomic mass is 15.2. The molecule has 2 aliphatic rings. The van der Waals surface area contributed by atoms with Crippen LogP contribution in [0.2, 0.25) is 0 Å². The van der Waals surface area contributed by atoms with Crippen molar-refractivity contribution in [3.8, 4) is 0 Å². The molecule has 1 saturated heterocycles. The third-order valence-corrected chi connectivity index (χ3v) is 2.99. The van der Waals surface area contributed by atoms with Crippen LogP contribution in [0.1, 0.15) is 33.1 Å². The molecule has 1 aliphatic heterocycles. The van der Waals surface area contributed by atoms with Gasteiger partial charge in [0.1, 0.15) is 0 Å². The van der Waals surface area contributed by atoms with Crippen molar-refractivity contribution in [1.29, 1.82) is 0 Å². The third-order valence-electron chi connectivity index (χ3n) is 2.99. The standard InChI is InChI=1S/C10H20N2/c1-10(2,11)7-12-5-3-4-8-6-9(8)12/h8-9H,3-7,11H2,1-2H3/t8-,9+/m1/s1. The van der Waals surface area contributed by atoms with Gasteiger partial charge < -0.3 is 5.73 Å². The Balaban J connectivity index is 1.87. The highest BCUT2D eigenvalue weighted by Gasteiger charge is 2.44. The van der Waals surface area contributed by atoms with E-state index < -0.39 is 0 Å². The summed E-state index contributed by atoms with van der Waals surface area (Å²) in [6, 6.07) is 0.904. The largest absolute Gasteiger partial charge is 0.324 e. The van der Waals surface area contributed by atoms with E-state index in [2.05, 4.69) is 18.7 Å². The summed E-state index contributed by atoms with van der Waals surface area (Å²) in [5.74, 6) is 1.03. The molecule has 0 aromatic heterocycles. The molecule has 0 amide bonds. The highest BCUT2D eigenvalue weighted by molar-refractivity contribution is 4.99. The molecule has 0 radical (unpaired) electrons. The SMILES string of the molecule is CC(C)(N)CN1CCC[C@@H]2C[C@@H]21. The molecule has 1 saturated carbocycles. The van der Waals surface area contributed by atoms with Crippen LogP contribution in [0.3, 0.4) is 0 Å². The van der Waals surface area contributed by atoms with E-state index in [1.807, 2.05) is 0 Å². The van der Waals surface area contributed by atoms with Crippen LogP contribution in [0.25, 0.3) is 0 Å². The molecule has 0 bridgehead atoms. The van der Waals surface area contributed by atoms with Gasteiger partial charge in [-0.2, -0.15) is 0 Å². The minimum absolute atomic E-state index is 0.00944. The van der Waals surface area contributed by atoms with Gasteiger partial charge in [0, 0.05) is 18.1 Å². The van der Waals surface area contributed by atoms with Crippen molar-refractivity contribution >= 4 is 0 Å². The molecular weight excluding hydrogens is 148 g/mol. The van der Waals surface area contributed by atoms with Crippen LogP contribution in [0.5, 0.6) is 0 Å². The molecule has 0 aromatic carbocycles. The molecule has 1 heterocycles. The van der Waals surface area contributed by atoms with Gasteiger partial charge in [0.05, 0.1) is 0 Å². The molecule has 2 N–H and O–H groups in total. The predicted octanol–water partition coefficient (Wildman–Crippen LogP) is 1.21. The van der Waals surface area contributed by atoms with Gasteiger partial charge in [0.15, 0.2) is 0 Å². The summed E-state index contributed by atoms with van der Waals surface area (Å²) in [7, 11) is 0. The van der Waals surface area contributed by atoms with Crippen LogP contribution in [0.15, 0.2) is 0 Å². The van der Waals surface area contributed by atoms with Crippen LogP contribution in [0.4, 0.5) is 0 Å². The number of piperidine rings is 1. The highest BCUT2D eigenvalue weighted by Crippen LogP contribution is 2.43. The van der Waals surface area contributed by atoms with Gasteiger partial charge in [-0.05, 0) is 45.6 Å². The Kier molecular flexibility index (Phi) is 1.92. The zero-order chi connectivity index (χ0) is 8.77. The maximum Gasteiger partial charge on any atom is 0.0226 e. The molecule has 70 valence electrons. The molecule has 0 unspecified atom stereocenters. The van der Waals surface area contributed by atoms with Gasteiger partial charge in [0.2, 0.25) is 0 Å². The summed E-state index contributed by atoms with van der Waals surface area (Å²) in [5.41, 5.74) is 6.00. The number of nitrogens with zero attached hydrogens (tertiary/aromatic N) is 1. The van der Waals surface area contributed by atoms with Crippen LogP contribution in [0, 0.1) is 5.92 Å². The Morgan fingerprint density at radius 3 is 2.92 bits per heavy atom. The second-order valence-electron chi connectivity index (χ2n) is 5.16. The first-order chi connectivity index (χ1) is 5.56. The van der Waals surface area contributed by atoms with Gasteiger partial charge in [-0.25, -0.2) is 0 Å². The van der Waals surface area contributed by atoms with E-state index >= 15 is 0 Å². The van der Waals surface area contributed by atoms with E-state index in [-0.39, 0.29) is 5.54 Å². The zero-order valence-electron chi connectivity index (χ0n) is 8.21. The van der Waals surface area contributed by atoms with Crippen molar-refractivity contribution in [3.63, 3.8) is 0 Å². The van der Waals surface area contributed by atoms with E-state index in [0.29, 0.717) is 0 Å². The quantitative estimate of drug-likeness (QED) is 0.671. The Bertz CT molecular complexity index is 171. The topological polar surface area (TPSA) is 29.3 Å².